The summed E-state index contributed by atoms with van der Waals surface area (Å²) in [7, 11) is 0. The second-order valence-corrected chi connectivity index (χ2v) is 5.55. The first-order chi connectivity index (χ1) is 10.2. The largest absolute Gasteiger partial charge is 0.468 e. The van der Waals surface area contributed by atoms with Gasteiger partial charge in [-0.05, 0) is 24.1 Å². The number of hydrogen-bond acceptors (Lipinski definition) is 5. The SMILES string of the molecule is CCCNc1c(CSCc2ccco2)cccc1[N+](=O)[O-]. The van der Waals surface area contributed by atoms with Crippen molar-refractivity contribution < 1.29 is 9.34 Å². The molecule has 1 N–H and O–H groups in total. The fraction of sp³-hybridized carbons (Fsp3) is 0.333. The van der Waals surface area contributed by atoms with Crippen molar-refractivity contribution in [2.45, 2.75) is 24.9 Å². The van der Waals surface area contributed by atoms with E-state index in [1.165, 1.54) is 0 Å². The molecular weight excluding hydrogens is 288 g/mol. The maximum absolute atomic E-state index is 11.1. The smallest absolute Gasteiger partial charge is 0.292 e. The van der Waals surface area contributed by atoms with Crippen LogP contribution in [-0.4, -0.2) is 11.5 Å². The highest BCUT2D eigenvalue weighted by atomic mass is 32.2. The molecule has 5 nitrogen and oxygen atoms in total. The third kappa shape index (κ3) is 4.26. The van der Waals surface area contributed by atoms with Crippen LogP contribution in [0.1, 0.15) is 24.7 Å². The van der Waals surface area contributed by atoms with Gasteiger partial charge in [0, 0.05) is 18.4 Å². The minimum Gasteiger partial charge on any atom is -0.468 e. The summed E-state index contributed by atoms with van der Waals surface area (Å²) >= 11 is 1.68. The lowest BCUT2D eigenvalue weighted by Gasteiger charge is -2.11. The van der Waals surface area contributed by atoms with Gasteiger partial charge >= 0.3 is 0 Å². The minimum absolute atomic E-state index is 0.138. The van der Waals surface area contributed by atoms with Gasteiger partial charge in [0.1, 0.15) is 11.4 Å². The van der Waals surface area contributed by atoms with E-state index in [1.807, 2.05) is 25.1 Å². The van der Waals surface area contributed by atoms with Crippen molar-refractivity contribution in [2.24, 2.45) is 0 Å². The highest BCUT2D eigenvalue weighted by Gasteiger charge is 2.16. The summed E-state index contributed by atoms with van der Waals surface area (Å²) in [6, 6.07) is 8.99. The molecule has 1 heterocycles. The van der Waals surface area contributed by atoms with Crippen LogP contribution in [0.5, 0.6) is 0 Å². The van der Waals surface area contributed by atoms with E-state index in [1.54, 1.807) is 30.2 Å². The van der Waals surface area contributed by atoms with Crippen LogP contribution in [0, 0.1) is 10.1 Å². The number of hydrogen-bond donors (Lipinski definition) is 1. The van der Waals surface area contributed by atoms with Gasteiger partial charge in [-0.2, -0.15) is 0 Å². The number of para-hydroxylation sites is 1. The number of rotatable bonds is 8. The summed E-state index contributed by atoms with van der Waals surface area (Å²) < 4.78 is 5.28. The summed E-state index contributed by atoms with van der Waals surface area (Å²) in [6.45, 7) is 2.76. The Kier molecular flexibility index (Phi) is 5.68. The minimum atomic E-state index is -0.335. The van der Waals surface area contributed by atoms with E-state index in [4.69, 9.17) is 4.42 Å². The molecule has 0 fully saturated rings. The first-order valence-corrected chi connectivity index (χ1v) is 7.98. The van der Waals surface area contributed by atoms with Crippen LogP contribution in [0.2, 0.25) is 0 Å². The van der Waals surface area contributed by atoms with Gasteiger partial charge in [0.2, 0.25) is 0 Å². The Hall–Kier alpha value is -1.95. The molecule has 21 heavy (non-hydrogen) atoms. The number of nitro groups is 1. The van der Waals surface area contributed by atoms with Gasteiger partial charge in [0.15, 0.2) is 0 Å². The van der Waals surface area contributed by atoms with Crippen LogP contribution >= 0.6 is 11.8 Å². The Labute approximate surface area is 127 Å². The van der Waals surface area contributed by atoms with Crippen molar-refractivity contribution in [3.05, 3.63) is 58.0 Å². The Morgan fingerprint density at radius 1 is 1.29 bits per heavy atom. The van der Waals surface area contributed by atoms with Crippen LogP contribution < -0.4 is 5.32 Å². The van der Waals surface area contributed by atoms with Gasteiger partial charge in [-0.3, -0.25) is 10.1 Å². The van der Waals surface area contributed by atoms with E-state index in [2.05, 4.69) is 5.32 Å². The van der Waals surface area contributed by atoms with Crippen molar-refractivity contribution in [1.29, 1.82) is 0 Å². The van der Waals surface area contributed by atoms with Gasteiger partial charge < -0.3 is 9.73 Å². The number of benzene rings is 1. The molecule has 6 heteroatoms. The quantitative estimate of drug-likeness (QED) is 0.576. The molecule has 0 saturated carbocycles. The second-order valence-electron chi connectivity index (χ2n) is 4.57. The number of thioether (sulfide) groups is 1. The van der Waals surface area contributed by atoms with Crippen LogP contribution in [0.3, 0.4) is 0 Å². The molecule has 0 radical (unpaired) electrons. The van der Waals surface area contributed by atoms with Crippen molar-refractivity contribution >= 4 is 23.1 Å². The molecule has 0 atom stereocenters. The van der Waals surface area contributed by atoms with Crippen LogP contribution in [0.15, 0.2) is 41.0 Å². The molecule has 0 bridgehead atoms. The summed E-state index contributed by atoms with van der Waals surface area (Å²) in [5.41, 5.74) is 1.73. The van der Waals surface area contributed by atoms with Gasteiger partial charge in [-0.1, -0.05) is 19.1 Å². The van der Waals surface area contributed by atoms with Crippen molar-refractivity contribution in [3.63, 3.8) is 0 Å². The lowest BCUT2D eigenvalue weighted by atomic mass is 10.1. The molecule has 112 valence electrons. The van der Waals surface area contributed by atoms with E-state index in [0.29, 0.717) is 11.4 Å². The zero-order chi connectivity index (χ0) is 15.1. The zero-order valence-corrected chi connectivity index (χ0v) is 12.7. The standard InChI is InChI=1S/C15H18N2O3S/c1-2-8-16-15-12(5-3-7-14(15)17(18)19)10-21-11-13-6-4-9-20-13/h3-7,9,16H,2,8,10-11H2,1H3. The maximum atomic E-state index is 11.1. The number of furan rings is 1. The summed E-state index contributed by atoms with van der Waals surface area (Å²) in [5, 5.41) is 14.3. The monoisotopic (exact) mass is 306 g/mol. The molecule has 0 aliphatic heterocycles. The Balaban J connectivity index is 2.09. The van der Waals surface area contributed by atoms with Crippen LogP contribution in [0.25, 0.3) is 0 Å². The lowest BCUT2D eigenvalue weighted by Crippen LogP contribution is -2.06. The average Bonchev–Trinajstić information content (AvgIpc) is 2.98. The Morgan fingerprint density at radius 2 is 2.14 bits per heavy atom. The van der Waals surface area contributed by atoms with E-state index in [9.17, 15) is 10.1 Å². The van der Waals surface area contributed by atoms with Gasteiger partial charge in [0.25, 0.3) is 5.69 Å². The van der Waals surface area contributed by atoms with E-state index < -0.39 is 0 Å². The van der Waals surface area contributed by atoms with Gasteiger partial charge in [-0.25, -0.2) is 0 Å². The highest BCUT2D eigenvalue weighted by Crippen LogP contribution is 2.31. The van der Waals surface area contributed by atoms with Gasteiger partial charge in [-0.15, -0.1) is 11.8 Å². The molecule has 0 aliphatic carbocycles. The highest BCUT2D eigenvalue weighted by molar-refractivity contribution is 7.97. The van der Waals surface area contributed by atoms with E-state index >= 15 is 0 Å². The normalized spacial score (nSPS) is 10.5. The summed E-state index contributed by atoms with van der Waals surface area (Å²) in [5.74, 6) is 2.37. The zero-order valence-electron chi connectivity index (χ0n) is 11.9. The summed E-state index contributed by atoms with van der Waals surface area (Å²) in [6.07, 6.45) is 2.57. The van der Waals surface area contributed by atoms with Crippen LogP contribution in [0.4, 0.5) is 11.4 Å². The lowest BCUT2D eigenvalue weighted by molar-refractivity contribution is -0.384. The number of nitrogens with zero attached hydrogens (tertiary/aromatic N) is 1. The van der Waals surface area contributed by atoms with E-state index in [-0.39, 0.29) is 10.6 Å². The Bertz CT molecular complexity index is 585. The molecular formula is C15H18N2O3S. The number of anilines is 1. The van der Waals surface area contributed by atoms with Gasteiger partial charge in [0.05, 0.1) is 16.9 Å². The predicted molar refractivity (Wildman–Crippen MR) is 85.6 cm³/mol. The van der Waals surface area contributed by atoms with Crippen molar-refractivity contribution in [3.8, 4) is 0 Å². The molecule has 2 aromatic rings. The predicted octanol–water partition coefficient (Wildman–Crippen LogP) is 4.44. The third-order valence-corrected chi connectivity index (χ3v) is 3.96. The fourth-order valence-corrected chi connectivity index (χ4v) is 2.90. The Morgan fingerprint density at radius 3 is 2.81 bits per heavy atom. The fourth-order valence-electron chi connectivity index (χ4n) is 1.97. The van der Waals surface area contributed by atoms with E-state index in [0.717, 1.165) is 30.0 Å². The molecule has 1 aromatic carbocycles. The third-order valence-electron chi connectivity index (χ3n) is 2.96. The molecule has 0 spiro atoms. The molecule has 1 aromatic heterocycles. The molecule has 0 saturated heterocycles. The molecule has 0 aliphatic rings. The van der Waals surface area contributed by atoms with Crippen molar-refractivity contribution in [1.82, 2.24) is 0 Å². The summed E-state index contributed by atoms with van der Waals surface area (Å²) in [4.78, 5) is 10.8. The topological polar surface area (TPSA) is 68.3 Å². The first kappa shape index (κ1) is 15.4. The van der Waals surface area contributed by atoms with Crippen LogP contribution in [-0.2, 0) is 11.5 Å². The average molecular weight is 306 g/mol. The molecule has 0 amide bonds. The number of nitrogens with one attached hydrogen (secondary N) is 1. The maximum Gasteiger partial charge on any atom is 0.292 e. The number of nitro benzene ring substituents is 1. The van der Waals surface area contributed by atoms with Crippen molar-refractivity contribution in [2.75, 3.05) is 11.9 Å². The molecule has 0 unspecified atom stereocenters. The second kappa shape index (κ2) is 7.73. The molecule has 2 rings (SSSR count). The first-order valence-electron chi connectivity index (χ1n) is 6.82.